The summed E-state index contributed by atoms with van der Waals surface area (Å²) < 4.78 is 7.05. The van der Waals surface area contributed by atoms with Gasteiger partial charge in [-0.15, -0.1) is 0 Å². The van der Waals surface area contributed by atoms with Gasteiger partial charge in [0.25, 0.3) is 5.91 Å². The van der Waals surface area contributed by atoms with E-state index in [4.69, 9.17) is 4.74 Å². The van der Waals surface area contributed by atoms with Crippen molar-refractivity contribution < 1.29 is 9.53 Å². The molecule has 1 aliphatic rings. The van der Waals surface area contributed by atoms with Crippen LogP contribution in [0.3, 0.4) is 0 Å². The molecule has 1 amide bonds. The standard InChI is InChI=1S/C15H20BrIN2O2/c1-21-8-7-19(10-12-3-2-6-18-12)15(20)13-9-11(17)4-5-14(13)16/h4-5,9,12,18H,2-3,6-8,10H2,1H3. The first-order valence-corrected chi connectivity index (χ1v) is 8.95. The van der Waals surface area contributed by atoms with Gasteiger partial charge in [0.1, 0.15) is 0 Å². The van der Waals surface area contributed by atoms with Crippen LogP contribution in [0, 0.1) is 3.57 Å². The van der Waals surface area contributed by atoms with Crippen LogP contribution >= 0.6 is 38.5 Å². The Kier molecular flexibility index (Phi) is 6.91. The van der Waals surface area contributed by atoms with Gasteiger partial charge in [-0.1, -0.05) is 0 Å². The molecule has 1 heterocycles. The molecule has 1 saturated heterocycles. The lowest BCUT2D eigenvalue weighted by atomic mass is 10.1. The van der Waals surface area contributed by atoms with Crippen molar-refractivity contribution in [3.63, 3.8) is 0 Å². The van der Waals surface area contributed by atoms with E-state index in [1.54, 1.807) is 7.11 Å². The highest BCUT2D eigenvalue weighted by molar-refractivity contribution is 14.1. The molecule has 1 atom stereocenters. The number of carbonyl (C=O) groups excluding carboxylic acids is 1. The van der Waals surface area contributed by atoms with Gasteiger partial charge in [0, 0.05) is 34.3 Å². The van der Waals surface area contributed by atoms with E-state index in [2.05, 4.69) is 43.8 Å². The minimum absolute atomic E-state index is 0.0612. The van der Waals surface area contributed by atoms with E-state index in [0.717, 1.165) is 33.1 Å². The SMILES string of the molecule is COCCN(CC1CCCN1)C(=O)c1cc(I)ccc1Br. The van der Waals surface area contributed by atoms with Crippen molar-refractivity contribution >= 4 is 44.4 Å². The minimum Gasteiger partial charge on any atom is -0.383 e. The van der Waals surface area contributed by atoms with Crippen LogP contribution in [-0.2, 0) is 4.74 Å². The Bertz CT molecular complexity index is 493. The van der Waals surface area contributed by atoms with E-state index in [9.17, 15) is 4.79 Å². The normalized spacial score (nSPS) is 18.0. The molecule has 1 unspecified atom stereocenters. The summed E-state index contributed by atoms with van der Waals surface area (Å²) in [5, 5.41) is 3.45. The molecule has 1 aromatic rings. The third-order valence-electron chi connectivity index (χ3n) is 3.61. The fraction of sp³-hybridized carbons (Fsp3) is 0.533. The molecule has 2 rings (SSSR count). The van der Waals surface area contributed by atoms with Crippen LogP contribution in [0.15, 0.2) is 22.7 Å². The zero-order valence-corrected chi connectivity index (χ0v) is 15.8. The highest BCUT2D eigenvalue weighted by Crippen LogP contribution is 2.21. The van der Waals surface area contributed by atoms with E-state index >= 15 is 0 Å². The second-order valence-electron chi connectivity index (χ2n) is 5.16. The summed E-state index contributed by atoms with van der Waals surface area (Å²) in [6.45, 7) is 2.95. The highest BCUT2D eigenvalue weighted by Gasteiger charge is 2.23. The van der Waals surface area contributed by atoms with Gasteiger partial charge in [0.15, 0.2) is 0 Å². The van der Waals surface area contributed by atoms with Crippen LogP contribution in [0.4, 0.5) is 0 Å². The lowest BCUT2D eigenvalue weighted by Crippen LogP contribution is -2.42. The molecule has 4 nitrogen and oxygen atoms in total. The number of nitrogens with zero attached hydrogens (tertiary/aromatic N) is 1. The number of nitrogens with one attached hydrogen (secondary N) is 1. The topological polar surface area (TPSA) is 41.6 Å². The fourth-order valence-corrected chi connectivity index (χ4v) is 3.39. The van der Waals surface area contributed by atoms with Gasteiger partial charge in [-0.2, -0.15) is 0 Å². The monoisotopic (exact) mass is 466 g/mol. The average Bonchev–Trinajstić information content (AvgIpc) is 2.98. The number of hydrogen-bond acceptors (Lipinski definition) is 3. The Morgan fingerprint density at radius 1 is 1.57 bits per heavy atom. The van der Waals surface area contributed by atoms with E-state index in [-0.39, 0.29) is 5.91 Å². The number of amides is 1. The summed E-state index contributed by atoms with van der Waals surface area (Å²) in [5.74, 6) is 0.0612. The molecule has 0 aromatic heterocycles. The number of halogens is 2. The fourth-order valence-electron chi connectivity index (χ4n) is 2.49. The van der Waals surface area contributed by atoms with Crippen LogP contribution in [0.1, 0.15) is 23.2 Å². The summed E-state index contributed by atoms with van der Waals surface area (Å²) in [6, 6.07) is 6.23. The molecule has 6 heteroatoms. The predicted molar refractivity (Wildman–Crippen MR) is 95.7 cm³/mol. The number of hydrogen-bond donors (Lipinski definition) is 1. The van der Waals surface area contributed by atoms with Gasteiger partial charge in [-0.3, -0.25) is 4.79 Å². The van der Waals surface area contributed by atoms with Gasteiger partial charge in [0.2, 0.25) is 0 Å². The minimum atomic E-state index is 0.0612. The highest BCUT2D eigenvalue weighted by atomic mass is 127. The van der Waals surface area contributed by atoms with Crippen molar-refractivity contribution in [2.45, 2.75) is 18.9 Å². The number of ether oxygens (including phenoxy) is 1. The van der Waals surface area contributed by atoms with Gasteiger partial charge in [-0.25, -0.2) is 0 Å². The van der Waals surface area contributed by atoms with Crippen LogP contribution in [0.5, 0.6) is 0 Å². The first-order valence-electron chi connectivity index (χ1n) is 7.08. The van der Waals surface area contributed by atoms with Gasteiger partial charge in [0.05, 0.1) is 12.2 Å². The zero-order valence-electron chi connectivity index (χ0n) is 12.1. The number of methoxy groups -OCH3 is 1. The third-order valence-corrected chi connectivity index (χ3v) is 4.98. The first kappa shape index (κ1) is 17.2. The molecule has 1 aromatic carbocycles. The molecule has 21 heavy (non-hydrogen) atoms. The maximum absolute atomic E-state index is 12.8. The largest absolute Gasteiger partial charge is 0.383 e. The quantitative estimate of drug-likeness (QED) is 0.655. The molecule has 0 radical (unpaired) electrons. The van der Waals surface area contributed by atoms with Crippen LogP contribution in [0.25, 0.3) is 0 Å². The van der Waals surface area contributed by atoms with Crippen molar-refractivity contribution in [3.8, 4) is 0 Å². The van der Waals surface area contributed by atoms with Gasteiger partial charge in [-0.05, 0) is 76.1 Å². The van der Waals surface area contributed by atoms with E-state index < -0.39 is 0 Å². The van der Waals surface area contributed by atoms with E-state index in [1.807, 2.05) is 23.1 Å². The molecule has 0 bridgehead atoms. The predicted octanol–water partition coefficient (Wildman–Crippen LogP) is 2.89. The average molecular weight is 467 g/mol. The lowest BCUT2D eigenvalue weighted by molar-refractivity contribution is 0.0678. The van der Waals surface area contributed by atoms with Crippen molar-refractivity contribution in [1.29, 1.82) is 0 Å². The van der Waals surface area contributed by atoms with E-state index in [0.29, 0.717) is 19.2 Å². The number of carbonyl (C=O) groups is 1. The molecule has 1 aliphatic heterocycles. The van der Waals surface area contributed by atoms with E-state index in [1.165, 1.54) is 6.42 Å². The molecular weight excluding hydrogens is 447 g/mol. The second-order valence-corrected chi connectivity index (χ2v) is 7.26. The third kappa shape index (κ3) is 4.91. The summed E-state index contributed by atoms with van der Waals surface area (Å²) in [7, 11) is 1.66. The molecule has 0 spiro atoms. The summed E-state index contributed by atoms with van der Waals surface area (Å²) >= 11 is 5.71. The maximum Gasteiger partial charge on any atom is 0.255 e. The maximum atomic E-state index is 12.8. The summed E-state index contributed by atoms with van der Waals surface area (Å²) in [6.07, 6.45) is 2.31. The van der Waals surface area contributed by atoms with Crippen molar-refractivity contribution in [2.24, 2.45) is 0 Å². The zero-order chi connectivity index (χ0) is 15.2. The summed E-state index contributed by atoms with van der Waals surface area (Å²) in [4.78, 5) is 14.7. The van der Waals surface area contributed by atoms with Crippen molar-refractivity contribution in [2.75, 3.05) is 33.4 Å². The van der Waals surface area contributed by atoms with Crippen molar-refractivity contribution in [3.05, 3.63) is 31.8 Å². The van der Waals surface area contributed by atoms with Gasteiger partial charge < -0.3 is 15.0 Å². The van der Waals surface area contributed by atoms with Crippen LogP contribution in [-0.4, -0.2) is 50.2 Å². The van der Waals surface area contributed by atoms with Gasteiger partial charge >= 0.3 is 0 Å². The molecule has 0 aliphatic carbocycles. The number of rotatable bonds is 6. The smallest absolute Gasteiger partial charge is 0.255 e. The second kappa shape index (κ2) is 8.45. The Balaban J connectivity index is 2.13. The Hall–Kier alpha value is -0.180. The molecule has 1 fully saturated rings. The lowest BCUT2D eigenvalue weighted by Gasteiger charge is -2.26. The summed E-state index contributed by atoms with van der Waals surface area (Å²) in [5.41, 5.74) is 0.719. The molecule has 116 valence electrons. The van der Waals surface area contributed by atoms with Crippen molar-refractivity contribution in [1.82, 2.24) is 10.2 Å². The Morgan fingerprint density at radius 3 is 3.05 bits per heavy atom. The Labute approximate surface area is 147 Å². The molecular formula is C15H20BrIN2O2. The first-order chi connectivity index (χ1) is 10.1. The molecule has 1 N–H and O–H groups in total. The number of benzene rings is 1. The molecule has 0 saturated carbocycles. The van der Waals surface area contributed by atoms with Crippen LogP contribution < -0.4 is 5.32 Å². The Morgan fingerprint density at radius 2 is 2.38 bits per heavy atom. The van der Waals surface area contributed by atoms with Crippen LogP contribution in [0.2, 0.25) is 0 Å².